The van der Waals surface area contributed by atoms with Gasteiger partial charge in [0.15, 0.2) is 0 Å². The van der Waals surface area contributed by atoms with Crippen molar-refractivity contribution in [2.24, 2.45) is 0 Å². The van der Waals surface area contributed by atoms with Gasteiger partial charge in [-0.05, 0) is 51.6 Å². The van der Waals surface area contributed by atoms with Gasteiger partial charge in [0.05, 0.1) is 33.0 Å². The van der Waals surface area contributed by atoms with E-state index in [0.29, 0.717) is 44.2 Å². The minimum absolute atomic E-state index is 0.0383. The third-order valence-electron chi connectivity index (χ3n) is 10.1. The molecule has 58 heavy (non-hydrogen) atoms. The van der Waals surface area contributed by atoms with E-state index in [1.807, 2.05) is 170 Å². The SMILES string of the molecule is CN(C)C(=O)c1ccc(Cc2ccccc2O[C@@H]2O[C@H](COCc3ccccc3)[C@@H](OCc3ccccc3)[C@H](OCc3ccccc3)[C@H]2OCc2ccccc2)cc1. The van der Waals surface area contributed by atoms with Gasteiger partial charge in [-0.1, -0.05) is 152 Å². The predicted molar refractivity (Wildman–Crippen MR) is 224 cm³/mol. The second kappa shape index (κ2) is 20.7. The lowest BCUT2D eigenvalue weighted by molar-refractivity contribution is -0.310. The van der Waals surface area contributed by atoms with Crippen LogP contribution in [0, 0.1) is 0 Å². The van der Waals surface area contributed by atoms with Crippen LogP contribution in [-0.4, -0.2) is 62.2 Å². The van der Waals surface area contributed by atoms with Crippen molar-refractivity contribution < 1.29 is 33.2 Å². The van der Waals surface area contributed by atoms with Gasteiger partial charge in [-0.25, -0.2) is 0 Å². The van der Waals surface area contributed by atoms with Crippen LogP contribution in [0.3, 0.4) is 0 Å². The van der Waals surface area contributed by atoms with E-state index in [4.69, 9.17) is 28.4 Å². The molecule has 8 nitrogen and oxygen atoms in total. The van der Waals surface area contributed by atoms with Gasteiger partial charge in [-0.15, -0.1) is 0 Å². The Kier molecular flexibility index (Phi) is 14.5. The zero-order chi connectivity index (χ0) is 39.9. The van der Waals surface area contributed by atoms with Gasteiger partial charge in [-0.3, -0.25) is 4.79 Å². The lowest BCUT2D eigenvalue weighted by Gasteiger charge is -2.46. The van der Waals surface area contributed by atoms with Gasteiger partial charge >= 0.3 is 0 Å². The molecule has 0 aliphatic carbocycles. The fourth-order valence-corrected chi connectivity index (χ4v) is 6.98. The largest absolute Gasteiger partial charge is 0.462 e. The fourth-order valence-electron chi connectivity index (χ4n) is 6.98. The predicted octanol–water partition coefficient (Wildman–Crippen LogP) is 9.06. The summed E-state index contributed by atoms with van der Waals surface area (Å²) in [6.45, 7) is 1.61. The number of amides is 1. The Bertz CT molecular complexity index is 2110. The number of hydrogen-bond donors (Lipinski definition) is 0. The Morgan fingerprint density at radius 3 is 1.52 bits per heavy atom. The van der Waals surface area contributed by atoms with Crippen LogP contribution in [0.4, 0.5) is 0 Å². The van der Waals surface area contributed by atoms with E-state index >= 15 is 0 Å². The molecule has 6 aromatic rings. The van der Waals surface area contributed by atoms with Crippen LogP contribution in [0.5, 0.6) is 5.75 Å². The third kappa shape index (κ3) is 11.3. The molecule has 1 aliphatic rings. The van der Waals surface area contributed by atoms with E-state index in [9.17, 15) is 4.79 Å². The Morgan fingerprint density at radius 1 is 0.517 bits per heavy atom. The molecule has 0 N–H and O–H groups in total. The average Bonchev–Trinajstić information content (AvgIpc) is 3.27. The first-order chi connectivity index (χ1) is 28.5. The first-order valence-electron chi connectivity index (χ1n) is 19.8. The van der Waals surface area contributed by atoms with Gasteiger partial charge in [0.1, 0.15) is 30.2 Å². The summed E-state index contributed by atoms with van der Waals surface area (Å²) < 4.78 is 40.8. The molecule has 1 saturated heterocycles. The van der Waals surface area contributed by atoms with Crippen molar-refractivity contribution in [1.29, 1.82) is 0 Å². The monoisotopic (exact) mass is 777 g/mol. The molecule has 8 heteroatoms. The molecule has 0 saturated carbocycles. The Morgan fingerprint density at radius 2 is 0.983 bits per heavy atom. The quantitative estimate of drug-likeness (QED) is 0.0863. The van der Waals surface area contributed by atoms with Crippen LogP contribution in [0.15, 0.2) is 170 Å². The first-order valence-corrected chi connectivity index (χ1v) is 19.8. The van der Waals surface area contributed by atoms with Crippen molar-refractivity contribution in [2.75, 3.05) is 20.7 Å². The second-order valence-corrected chi connectivity index (χ2v) is 14.6. The van der Waals surface area contributed by atoms with Gasteiger partial charge < -0.3 is 33.3 Å². The van der Waals surface area contributed by atoms with Gasteiger partial charge in [0.2, 0.25) is 6.29 Å². The maximum atomic E-state index is 12.6. The highest BCUT2D eigenvalue weighted by Crippen LogP contribution is 2.34. The highest BCUT2D eigenvalue weighted by molar-refractivity contribution is 5.93. The number of ether oxygens (including phenoxy) is 6. The van der Waals surface area contributed by atoms with Crippen LogP contribution < -0.4 is 4.74 Å². The molecule has 1 aliphatic heterocycles. The van der Waals surface area contributed by atoms with E-state index in [-0.39, 0.29) is 12.5 Å². The molecule has 1 amide bonds. The second-order valence-electron chi connectivity index (χ2n) is 14.6. The molecule has 0 bridgehead atoms. The Balaban J connectivity index is 1.22. The summed E-state index contributed by atoms with van der Waals surface area (Å²) >= 11 is 0. The molecule has 6 aromatic carbocycles. The fraction of sp³-hybridized carbons (Fsp3) is 0.260. The van der Waals surface area contributed by atoms with E-state index in [0.717, 1.165) is 33.4 Å². The lowest BCUT2D eigenvalue weighted by Crippen LogP contribution is -2.62. The maximum absolute atomic E-state index is 12.6. The molecular weight excluding hydrogens is 727 g/mol. The van der Waals surface area contributed by atoms with E-state index in [2.05, 4.69) is 0 Å². The van der Waals surface area contributed by atoms with Crippen LogP contribution in [0.1, 0.15) is 43.7 Å². The van der Waals surface area contributed by atoms with Crippen LogP contribution in [-0.2, 0) is 56.5 Å². The number of hydrogen-bond acceptors (Lipinski definition) is 7. The minimum Gasteiger partial charge on any atom is -0.462 e. The summed E-state index contributed by atoms with van der Waals surface area (Å²) in [6, 6.07) is 56.0. The number of para-hydroxylation sites is 1. The van der Waals surface area contributed by atoms with Crippen LogP contribution in [0.2, 0.25) is 0 Å². The molecule has 0 aromatic heterocycles. The molecule has 0 spiro atoms. The summed E-state index contributed by atoms with van der Waals surface area (Å²) in [5, 5.41) is 0. The Labute approximate surface area is 341 Å². The first kappa shape index (κ1) is 40.6. The molecule has 0 unspecified atom stereocenters. The number of benzene rings is 6. The lowest BCUT2D eigenvalue weighted by atomic mass is 9.97. The topological polar surface area (TPSA) is 75.7 Å². The summed E-state index contributed by atoms with van der Waals surface area (Å²) in [6.07, 6.45) is -2.81. The van der Waals surface area contributed by atoms with Crippen molar-refractivity contribution in [1.82, 2.24) is 4.90 Å². The van der Waals surface area contributed by atoms with Crippen molar-refractivity contribution >= 4 is 5.91 Å². The molecule has 7 rings (SSSR count). The highest BCUT2D eigenvalue weighted by Gasteiger charge is 2.50. The number of carbonyl (C=O) groups excluding carboxylic acids is 1. The highest BCUT2D eigenvalue weighted by atomic mass is 16.7. The van der Waals surface area contributed by atoms with Gasteiger partial charge in [0.25, 0.3) is 5.91 Å². The number of rotatable bonds is 18. The van der Waals surface area contributed by atoms with E-state index < -0.39 is 30.7 Å². The minimum atomic E-state index is -0.896. The normalized spacial score (nSPS) is 19.0. The third-order valence-corrected chi connectivity index (χ3v) is 10.1. The summed E-state index contributed by atoms with van der Waals surface area (Å²) in [4.78, 5) is 14.1. The molecule has 298 valence electrons. The summed E-state index contributed by atoms with van der Waals surface area (Å²) in [5.41, 5.74) is 6.76. The molecular formula is C50H51NO7. The number of nitrogens with zero attached hydrogens (tertiary/aromatic N) is 1. The molecule has 5 atom stereocenters. The van der Waals surface area contributed by atoms with Gasteiger partial charge in [0, 0.05) is 26.1 Å². The zero-order valence-corrected chi connectivity index (χ0v) is 33.1. The zero-order valence-electron chi connectivity index (χ0n) is 33.1. The maximum Gasteiger partial charge on any atom is 0.253 e. The van der Waals surface area contributed by atoms with Crippen molar-refractivity contribution in [3.05, 3.63) is 209 Å². The summed E-state index contributed by atoms with van der Waals surface area (Å²) in [7, 11) is 3.51. The Hall–Kier alpha value is -5.61. The van der Waals surface area contributed by atoms with Gasteiger partial charge in [-0.2, -0.15) is 0 Å². The summed E-state index contributed by atoms with van der Waals surface area (Å²) in [5.74, 6) is 0.618. The standard InChI is InChI=1S/C50H51NO7/c1-51(2)49(52)42-29-27-37(28-30-42)31-43-25-15-16-26-44(43)57-50-48(56-35-41-23-13-6-14-24-41)47(55-34-40-21-11-5-12-22-40)46(54-33-39-19-9-4-10-20-39)45(58-50)36-53-32-38-17-7-3-8-18-38/h3-30,45-48,50H,31-36H2,1-2H3/t45-,46-,47+,48-,50-/m1/s1. The average molecular weight is 778 g/mol. The van der Waals surface area contributed by atoms with Crippen molar-refractivity contribution in [2.45, 2.75) is 63.6 Å². The smallest absolute Gasteiger partial charge is 0.253 e. The molecule has 1 heterocycles. The van der Waals surface area contributed by atoms with Crippen LogP contribution >= 0.6 is 0 Å². The van der Waals surface area contributed by atoms with Crippen molar-refractivity contribution in [3.8, 4) is 5.75 Å². The molecule has 0 radical (unpaired) electrons. The van der Waals surface area contributed by atoms with Crippen LogP contribution in [0.25, 0.3) is 0 Å². The number of carbonyl (C=O) groups is 1. The van der Waals surface area contributed by atoms with Crippen molar-refractivity contribution in [3.63, 3.8) is 0 Å². The van der Waals surface area contributed by atoms with E-state index in [1.54, 1.807) is 19.0 Å². The van der Waals surface area contributed by atoms with E-state index in [1.165, 1.54) is 0 Å². The molecule has 1 fully saturated rings.